The number of ether oxygens (including phenoxy) is 2. The fourth-order valence-corrected chi connectivity index (χ4v) is 2.23. The minimum absolute atomic E-state index is 0.237. The van der Waals surface area contributed by atoms with Crippen molar-refractivity contribution in [2.45, 2.75) is 45.6 Å². The number of hydrogen-bond donors (Lipinski definition) is 0. The van der Waals surface area contributed by atoms with E-state index in [1.807, 2.05) is 36.4 Å². The van der Waals surface area contributed by atoms with E-state index in [0.717, 1.165) is 23.7 Å². The first-order valence-electron chi connectivity index (χ1n) is 8.07. The summed E-state index contributed by atoms with van der Waals surface area (Å²) in [4.78, 5) is 0. The van der Waals surface area contributed by atoms with E-state index in [9.17, 15) is 0 Å². The van der Waals surface area contributed by atoms with Crippen molar-refractivity contribution in [1.82, 2.24) is 0 Å². The van der Waals surface area contributed by atoms with Gasteiger partial charge in [0.05, 0.1) is 19.3 Å². The van der Waals surface area contributed by atoms with E-state index in [-0.39, 0.29) is 5.60 Å². The summed E-state index contributed by atoms with van der Waals surface area (Å²) in [6, 6.07) is 7.98. The molecular formula is C20H30O2. The fourth-order valence-electron chi connectivity index (χ4n) is 2.23. The Kier molecular flexibility index (Phi) is 7.97. The van der Waals surface area contributed by atoms with Gasteiger partial charge in [-0.15, -0.1) is 6.58 Å². The normalized spacial score (nSPS) is 14.2. The molecule has 1 unspecified atom stereocenters. The van der Waals surface area contributed by atoms with Gasteiger partial charge in [-0.3, -0.25) is 0 Å². The van der Waals surface area contributed by atoms with E-state index in [4.69, 9.17) is 9.47 Å². The maximum atomic E-state index is 6.00. The summed E-state index contributed by atoms with van der Waals surface area (Å²) >= 11 is 0. The average Bonchev–Trinajstić information content (AvgIpc) is 2.52. The maximum absolute atomic E-state index is 6.00. The highest BCUT2D eigenvalue weighted by Gasteiger charge is 2.19. The number of hydrogen-bond acceptors (Lipinski definition) is 2. The van der Waals surface area contributed by atoms with Gasteiger partial charge in [0.15, 0.2) is 0 Å². The van der Waals surface area contributed by atoms with Gasteiger partial charge < -0.3 is 9.47 Å². The molecule has 2 nitrogen and oxygen atoms in total. The highest BCUT2D eigenvalue weighted by atomic mass is 16.5. The van der Waals surface area contributed by atoms with Crippen molar-refractivity contribution in [1.29, 1.82) is 0 Å². The minimum Gasteiger partial charge on any atom is -0.497 e. The molecule has 0 saturated heterocycles. The Morgan fingerprint density at radius 1 is 1.23 bits per heavy atom. The summed E-state index contributed by atoms with van der Waals surface area (Å²) in [7, 11) is 1.67. The Balaban J connectivity index is 2.41. The van der Waals surface area contributed by atoms with Crippen LogP contribution in [0.1, 0.15) is 45.6 Å². The molecule has 0 aliphatic carbocycles. The zero-order chi connectivity index (χ0) is 16.4. The van der Waals surface area contributed by atoms with E-state index < -0.39 is 0 Å². The molecule has 0 N–H and O–H groups in total. The SMILES string of the molecule is C=CC(C)(CCCC(C)C)OC/C=C/c1ccc(OC)cc1. The molecule has 0 bridgehead atoms. The van der Waals surface area contributed by atoms with E-state index >= 15 is 0 Å². The first-order chi connectivity index (χ1) is 10.5. The second-order valence-electron chi connectivity index (χ2n) is 6.29. The van der Waals surface area contributed by atoms with Gasteiger partial charge in [0.25, 0.3) is 0 Å². The Labute approximate surface area is 135 Å². The van der Waals surface area contributed by atoms with Crippen LogP contribution in [-0.4, -0.2) is 19.3 Å². The molecule has 0 saturated carbocycles. The minimum atomic E-state index is -0.237. The van der Waals surface area contributed by atoms with Crippen LogP contribution in [0.4, 0.5) is 0 Å². The van der Waals surface area contributed by atoms with E-state index in [0.29, 0.717) is 6.61 Å². The summed E-state index contributed by atoms with van der Waals surface area (Å²) in [6.07, 6.45) is 9.46. The van der Waals surface area contributed by atoms with Crippen LogP contribution in [0.2, 0.25) is 0 Å². The van der Waals surface area contributed by atoms with Crippen molar-refractivity contribution in [3.05, 3.63) is 48.6 Å². The molecular weight excluding hydrogens is 272 g/mol. The molecule has 2 heteroatoms. The predicted octanol–water partition coefficient (Wildman–Crippen LogP) is 5.50. The van der Waals surface area contributed by atoms with Crippen LogP contribution in [0, 0.1) is 5.92 Å². The van der Waals surface area contributed by atoms with Crippen molar-refractivity contribution in [3.63, 3.8) is 0 Å². The summed E-state index contributed by atoms with van der Waals surface area (Å²) in [5.41, 5.74) is 0.906. The molecule has 1 atom stereocenters. The van der Waals surface area contributed by atoms with Crippen LogP contribution in [0.25, 0.3) is 6.08 Å². The predicted molar refractivity (Wildman–Crippen MR) is 95.3 cm³/mol. The van der Waals surface area contributed by atoms with Crippen molar-refractivity contribution in [2.75, 3.05) is 13.7 Å². The topological polar surface area (TPSA) is 18.5 Å². The van der Waals surface area contributed by atoms with Gasteiger partial charge in [0.2, 0.25) is 0 Å². The van der Waals surface area contributed by atoms with Gasteiger partial charge >= 0.3 is 0 Å². The van der Waals surface area contributed by atoms with E-state index in [1.165, 1.54) is 12.8 Å². The van der Waals surface area contributed by atoms with Crippen LogP contribution < -0.4 is 4.74 Å². The van der Waals surface area contributed by atoms with Gasteiger partial charge in [-0.2, -0.15) is 0 Å². The van der Waals surface area contributed by atoms with Crippen LogP contribution >= 0.6 is 0 Å². The standard InChI is InChI=1S/C20H30O2/c1-6-20(4,15-7-9-17(2)3)22-16-8-10-18-11-13-19(21-5)14-12-18/h6,8,10-14,17H,1,7,9,15-16H2,2-5H3/b10-8+. The van der Waals surface area contributed by atoms with Crippen molar-refractivity contribution < 1.29 is 9.47 Å². The van der Waals surface area contributed by atoms with Gasteiger partial charge in [-0.1, -0.05) is 57.0 Å². The van der Waals surface area contributed by atoms with Crippen LogP contribution in [-0.2, 0) is 4.74 Å². The Bertz CT molecular complexity index is 459. The molecule has 22 heavy (non-hydrogen) atoms. The third-order valence-electron chi connectivity index (χ3n) is 3.82. The number of rotatable bonds is 10. The maximum Gasteiger partial charge on any atom is 0.118 e. The quantitative estimate of drug-likeness (QED) is 0.532. The Morgan fingerprint density at radius 2 is 1.91 bits per heavy atom. The number of benzene rings is 1. The molecule has 0 radical (unpaired) electrons. The highest BCUT2D eigenvalue weighted by Crippen LogP contribution is 2.22. The molecule has 122 valence electrons. The summed E-state index contributed by atoms with van der Waals surface area (Å²) in [5.74, 6) is 1.61. The lowest BCUT2D eigenvalue weighted by Crippen LogP contribution is -2.26. The monoisotopic (exact) mass is 302 g/mol. The average molecular weight is 302 g/mol. The van der Waals surface area contributed by atoms with Crippen LogP contribution in [0.15, 0.2) is 43.0 Å². The van der Waals surface area contributed by atoms with Gasteiger partial charge in [-0.25, -0.2) is 0 Å². The second-order valence-corrected chi connectivity index (χ2v) is 6.29. The van der Waals surface area contributed by atoms with Crippen molar-refractivity contribution >= 4 is 6.08 Å². The Hall–Kier alpha value is -1.54. The smallest absolute Gasteiger partial charge is 0.118 e. The molecule has 1 aromatic carbocycles. The molecule has 0 aliphatic rings. The lowest BCUT2D eigenvalue weighted by molar-refractivity contribution is 0.0151. The number of methoxy groups -OCH3 is 1. The first kappa shape index (κ1) is 18.5. The van der Waals surface area contributed by atoms with Crippen molar-refractivity contribution in [2.24, 2.45) is 5.92 Å². The van der Waals surface area contributed by atoms with Gasteiger partial charge in [0, 0.05) is 0 Å². The fraction of sp³-hybridized carbons (Fsp3) is 0.500. The molecule has 0 aromatic heterocycles. The lowest BCUT2D eigenvalue weighted by Gasteiger charge is -2.26. The zero-order valence-corrected chi connectivity index (χ0v) is 14.5. The van der Waals surface area contributed by atoms with Crippen LogP contribution in [0.5, 0.6) is 5.75 Å². The van der Waals surface area contributed by atoms with E-state index in [2.05, 4.69) is 33.4 Å². The molecule has 0 aliphatic heterocycles. The molecule has 0 fully saturated rings. The Morgan fingerprint density at radius 3 is 2.45 bits per heavy atom. The third-order valence-corrected chi connectivity index (χ3v) is 3.82. The molecule has 0 heterocycles. The van der Waals surface area contributed by atoms with E-state index in [1.54, 1.807) is 7.11 Å². The largest absolute Gasteiger partial charge is 0.497 e. The summed E-state index contributed by atoms with van der Waals surface area (Å²) in [6.45, 7) is 11.1. The summed E-state index contributed by atoms with van der Waals surface area (Å²) < 4.78 is 11.1. The highest BCUT2D eigenvalue weighted by molar-refractivity contribution is 5.50. The molecule has 1 aromatic rings. The van der Waals surface area contributed by atoms with Gasteiger partial charge in [-0.05, 0) is 37.0 Å². The van der Waals surface area contributed by atoms with Crippen LogP contribution in [0.3, 0.4) is 0 Å². The first-order valence-corrected chi connectivity index (χ1v) is 8.07. The second kappa shape index (κ2) is 9.47. The van der Waals surface area contributed by atoms with Gasteiger partial charge in [0.1, 0.15) is 5.75 Å². The third kappa shape index (κ3) is 6.95. The van der Waals surface area contributed by atoms with Crippen molar-refractivity contribution in [3.8, 4) is 5.75 Å². The summed E-state index contributed by atoms with van der Waals surface area (Å²) in [5, 5.41) is 0. The molecule has 0 amide bonds. The molecule has 1 rings (SSSR count). The molecule has 0 spiro atoms. The lowest BCUT2D eigenvalue weighted by atomic mass is 9.96. The zero-order valence-electron chi connectivity index (χ0n) is 14.5.